The van der Waals surface area contributed by atoms with Crippen molar-refractivity contribution in [1.82, 2.24) is 0 Å². The highest BCUT2D eigenvalue weighted by atomic mass is 19.1. The maximum absolute atomic E-state index is 13.3. The second-order valence-corrected chi connectivity index (χ2v) is 4.46. The van der Waals surface area contributed by atoms with Crippen LogP contribution in [0, 0.1) is 24.6 Å². The number of nitrogens with two attached hydrogens (primary N) is 1. The fourth-order valence-corrected chi connectivity index (χ4v) is 1.89. The Morgan fingerprint density at radius 2 is 2.05 bits per heavy atom. The monoisotopic (exact) mass is 282 g/mol. The first-order chi connectivity index (χ1) is 10.1. The van der Waals surface area contributed by atoms with Gasteiger partial charge in [-0.25, -0.2) is 4.39 Å². The minimum Gasteiger partial charge on any atom is -0.321 e. The normalized spacial score (nSPS) is 9.67. The van der Waals surface area contributed by atoms with E-state index in [0.29, 0.717) is 16.8 Å². The summed E-state index contributed by atoms with van der Waals surface area (Å²) in [5.41, 5.74) is 7.63. The summed E-state index contributed by atoms with van der Waals surface area (Å²) < 4.78 is 13.3. The van der Waals surface area contributed by atoms with E-state index in [1.54, 1.807) is 12.1 Å². The first-order valence-corrected chi connectivity index (χ1v) is 6.47. The van der Waals surface area contributed by atoms with Gasteiger partial charge in [-0.2, -0.15) is 0 Å². The Morgan fingerprint density at radius 1 is 1.29 bits per heavy atom. The van der Waals surface area contributed by atoms with E-state index < -0.39 is 5.82 Å². The molecule has 2 aromatic carbocycles. The molecule has 1 amide bonds. The SMILES string of the molecule is Cc1ccccc1C(=O)Nc1ccc(F)cc1C#CCN. The summed E-state index contributed by atoms with van der Waals surface area (Å²) in [6.45, 7) is 2.02. The van der Waals surface area contributed by atoms with Gasteiger partial charge in [-0.1, -0.05) is 30.0 Å². The maximum Gasteiger partial charge on any atom is 0.255 e. The van der Waals surface area contributed by atoms with Gasteiger partial charge in [0.1, 0.15) is 5.82 Å². The Labute approximate surface area is 123 Å². The number of nitrogens with one attached hydrogen (secondary N) is 1. The predicted molar refractivity (Wildman–Crippen MR) is 81.5 cm³/mol. The van der Waals surface area contributed by atoms with Gasteiger partial charge in [0, 0.05) is 5.56 Å². The van der Waals surface area contributed by atoms with Gasteiger partial charge in [0.15, 0.2) is 0 Å². The molecule has 2 rings (SSSR count). The average Bonchev–Trinajstić information content (AvgIpc) is 2.47. The van der Waals surface area contributed by atoms with Crippen molar-refractivity contribution in [2.24, 2.45) is 5.73 Å². The van der Waals surface area contributed by atoms with Crippen LogP contribution in [-0.4, -0.2) is 12.5 Å². The molecule has 0 radical (unpaired) electrons. The minimum atomic E-state index is -0.412. The third-order valence-corrected chi connectivity index (χ3v) is 2.94. The van der Waals surface area contributed by atoms with Crippen molar-refractivity contribution in [1.29, 1.82) is 0 Å². The number of hydrogen-bond donors (Lipinski definition) is 2. The fraction of sp³-hybridized carbons (Fsp3) is 0.118. The summed E-state index contributed by atoms with van der Waals surface area (Å²) in [5.74, 6) is 4.75. The Morgan fingerprint density at radius 3 is 2.76 bits per heavy atom. The Hall–Kier alpha value is -2.64. The van der Waals surface area contributed by atoms with Crippen LogP contribution in [0.25, 0.3) is 0 Å². The van der Waals surface area contributed by atoms with Crippen LogP contribution in [0.2, 0.25) is 0 Å². The fourth-order valence-electron chi connectivity index (χ4n) is 1.89. The van der Waals surface area contributed by atoms with Crippen LogP contribution in [0.4, 0.5) is 10.1 Å². The highest BCUT2D eigenvalue weighted by Gasteiger charge is 2.10. The Balaban J connectivity index is 2.31. The largest absolute Gasteiger partial charge is 0.321 e. The van der Waals surface area contributed by atoms with Gasteiger partial charge in [-0.3, -0.25) is 4.79 Å². The summed E-state index contributed by atoms with van der Waals surface area (Å²) >= 11 is 0. The van der Waals surface area contributed by atoms with E-state index in [4.69, 9.17) is 5.73 Å². The smallest absolute Gasteiger partial charge is 0.255 e. The molecule has 0 saturated heterocycles. The van der Waals surface area contributed by atoms with Crippen molar-refractivity contribution in [3.63, 3.8) is 0 Å². The van der Waals surface area contributed by atoms with Crippen molar-refractivity contribution < 1.29 is 9.18 Å². The quantitative estimate of drug-likeness (QED) is 0.832. The standard InChI is InChI=1S/C17H15FN2O/c1-12-5-2-3-7-15(12)17(21)20-16-9-8-14(18)11-13(16)6-4-10-19/h2-3,5,7-9,11H,10,19H2,1H3,(H,20,21). The number of rotatable bonds is 2. The van der Waals surface area contributed by atoms with Crippen LogP contribution in [0.3, 0.4) is 0 Å². The molecular formula is C17H15FN2O. The number of benzene rings is 2. The van der Waals surface area contributed by atoms with Gasteiger partial charge in [0.05, 0.1) is 17.8 Å². The number of anilines is 1. The third-order valence-electron chi connectivity index (χ3n) is 2.94. The molecular weight excluding hydrogens is 267 g/mol. The average molecular weight is 282 g/mol. The lowest BCUT2D eigenvalue weighted by atomic mass is 10.1. The summed E-state index contributed by atoms with van der Waals surface area (Å²) in [6, 6.07) is 11.3. The maximum atomic E-state index is 13.3. The molecule has 106 valence electrons. The van der Waals surface area contributed by atoms with Gasteiger partial charge in [0.25, 0.3) is 5.91 Å². The van der Waals surface area contributed by atoms with E-state index >= 15 is 0 Å². The number of amides is 1. The van der Waals surface area contributed by atoms with Crippen LogP contribution in [0.15, 0.2) is 42.5 Å². The van der Waals surface area contributed by atoms with Gasteiger partial charge >= 0.3 is 0 Å². The summed E-state index contributed by atoms with van der Waals surface area (Å²) in [7, 11) is 0. The molecule has 21 heavy (non-hydrogen) atoms. The summed E-state index contributed by atoms with van der Waals surface area (Å²) in [4.78, 5) is 12.3. The predicted octanol–water partition coefficient (Wildman–Crippen LogP) is 2.70. The van der Waals surface area contributed by atoms with Crippen molar-refractivity contribution in [3.05, 3.63) is 65.0 Å². The third kappa shape index (κ3) is 3.68. The number of carbonyl (C=O) groups is 1. The molecule has 2 aromatic rings. The lowest BCUT2D eigenvalue weighted by molar-refractivity contribution is 0.102. The second-order valence-electron chi connectivity index (χ2n) is 4.46. The molecule has 0 fully saturated rings. The van der Waals surface area contributed by atoms with Crippen molar-refractivity contribution >= 4 is 11.6 Å². The first kappa shape index (κ1) is 14.8. The highest BCUT2D eigenvalue weighted by molar-refractivity contribution is 6.05. The molecule has 0 bridgehead atoms. The van der Waals surface area contributed by atoms with Crippen molar-refractivity contribution in [2.45, 2.75) is 6.92 Å². The number of aryl methyl sites for hydroxylation is 1. The van der Waals surface area contributed by atoms with Crippen LogP contribution >= 0.6 is 0 Å². The molecule has 0 aliphatic rings. The molecule has 0 saturated carbocycles. The van der Waals surface area contributed by atoms with Crippen LogP contribution in [-0.2, 0) is 0 Å². The van der Waals surface area contributed by atoms with E-state index in [2.05, 4.69) is 17.2 Å². The molecule has 0 spiro atoms. The molecule has 0 aliphatic heterocycles. The molecule has 4 heteroatoms. The number of carbonyl (C=O) groups excluding carboxylic acids is 1. The van der Waals surface area contributed by atoms with Crippen LogP contribution in [0.5, 0.6) is 0 Å². The molecule has 0 atom stereocenters. The highest BCUT2D eigenvalue weighted by Crippen LogP contribution is 2.18. The molecule has 0 aliphatic carbocycles. The molecule has 0 aromatic heterocycles. The van der Waals surface area contributed by atoms with Gasteiger partial charge in [0.2, 0.25) is 0 Å². The van der Waals surface area contributed by atoms with Gasteiger partial charge < -0.3 is 11.1 Å². The topological polar surface area (TPSA) is 55.1 Å². The van der Waals surface area contributed by atoms with E-state index in [-0.39, 0.29) is 12.5 Å². The van der Waals surface area contributed by atoms with E-state index in [0.717, 1.165) is 5.56 Å². The van der Waals surface area contributed by atoms with Gasteiger partial charge in [-0.15, -0.1) is 0 Å². The van der Waals surface area contributed by atoms with E-state index in [9.17, 15) is 9.18 Å². The van der Waals surface area contributed by atoms with E-state index in [1.165, 1.54) is 18.2 Å². The van der Waals surface area contributed by atoms with Gasteiger partial charge in [-0.05, 0) is 36.8 Å². The second kappa shape index (κ2) is 6.69. The summed E-state index contributed by atoms with van der Waals surface area (Å²) in [5, 5.41) is 2.75. The zero-order valence-electron chi connectivity index (χ0n) is 11.6. The minimum absolute atomic E-state index is 0.168. The number of halogens is 1. The Bertz CT molecular complexity index is 729. The molecule has 3 nitrogen and oxygen atoms in total. The molecule has 0 unspecified atom stereocenters. The zero-order valence-corrected chi connectivity index (χ0v) is 11.6. The van der Waals surface area contributed by atoms with Crippen LogP contribution < -0.4 is 11.1 Å². The molecule has 3 N–H and O–H groups in total. The molecule has 0 heterocycles. The van der Waals surface area contributed by atoms with Crippen molar-refractivity contribution in [2.75, 3.05) is 11.9 Å². The number of hydrogen-bond acceptors (Lipinski definition) is 2. The lowest BCUT2D eigenvalue weighted by Crippen LogP contribution is -2.14. The zero-order chi connectivity index (χ0) is 15.2. The van der Waals surface area contributed by atoms with E-state index in [1.807, 2.05) is 19.1 Å². The first-order valence-electron chi connectivity index (χ1n) is 6.47. The summed E-state index contributed by atoms with van der Waals surface area (Å²) in [6.07, 6.45) is 0. The van der Waals surface area contributed by atoms with Crippen molar-refractivity contribution in [3.8, 4) is 11.8 Å². The Kier molecular flexibility index (Phi) is 4.70. The lowest BCUT2D eigenvalue weighted by Gasteiger charge is -2.09. The van der Waals surface area contributed by atoms with Crippen LogP contribution in [0.1, 0.15) is 21.5 Å².